The molecule has 1 aliphatic carbocycles. The Morgan fingerprint density at radius 2 is 1.92 bits per heavy atom. The SMILES string of the molecule is Cc1c(C(=O)O)cc(-c2ccc(F)cc2F)n1CC1CCCCC1. The highest BCUT2D eigenvalue weighted by atomic mass is 19.1. The van der Waals surface area contributed by atoms with Gasteiger partial charge in [-0.1, -0.05) is 19.3 Å². The molecular weight excluding hydrogens is 312 g/mol. The highest BCUT2D eigenvalue weighted by molar-refractivity contribution is 5.91. The molecule has 3 nitrogen and oxygen atoms in total. The van der Waals surface area contributed by atoms with Gasteiger partial charge in [0.2, 0.25) is 0 Å². The van der Waals surface area contributed by atoms with E-state index >= 15 is 0 Å². The maximum atomic E-state index is 14.2. The first-order chi connectivity index (χ1) is 11.5. The fourth-order valence-electron chi connectivity index (χ4n) is 3.65. The molecule has 0 amide bonds. The number of halogens is 2. The Hall–Kier alpha value is -2.17. The van der Waals surface area contributed by atoms with Crippen LogP contribution in [-0.4, -0.2) is 15.6 Å². The summed E-state index contributed by atoms with van der Waals surface area (Å²) in [5.74, 6) is -1.88. The number of hydrogen-bond donors (Lipinski definition) is 1. The van der Waals surface area contributed by atoms with E-state index in [0.29, 0.717) is 23.9 Å². The third-order valence-electron chi connectivity index (χ3n) is 4.97. The molecule has 1 aromatic carbocycles. The van der Waals surface area contributed by atoms with Gasteiger partial charge in [-0.2, -0.15) is 0 Å². The Balaban J connectivity index is 2.06. The standard InChI is InChI=1S/C19H21F2NO2/c1-12-16(19(23)24)10-18(15-8-7-14(20)9-17(15)21)22(12)11-13-5-3-2-4-6-13/h7-10,13H,2-6,11H2,1H3,(H,23,24). The number of hydrogen-bond acceptors (Lipinski definition) is 1. The maximum Gasteiger partial charge on any atom is 0.337 e. The molecule has 24 heavy (non-hydrogen) atoms. The van der Waals surface area contributed by atoms with Crippen molar-refractivity contribution >= 4 is 5.97 Å². The zero-order valence-corrected chi connectivity index (χ0v) is 13.7. The molecule has 1 fully saturated rings. The quantitative estimate of drug-likeness (QED) is 0.853. The van der Waals surface area contributed by atoms with Crippen LogP contribution < -0.4 is 0 Å². The Kier molecular flexibility index (Phi) is 4.69. The van der Waals surface area contributed by atoms with Crippen LogP contribution >= 0.6 is 0 Å². The van der Waals surface area contributed by atoms with Crippen molar-refractivity contribution in [1.29, 1.82) is 0 Å². The summed E-state index contributed by atoms with van der Waals surface area (Å²) < 4.78 is 29.3. The lowest BCUT2D eigenvalue weighted by Gasteiger charge is -2.24. The first kappa shape index (κ1) is 16.7. The van der Waals surface area contributed by atoms with Gasteiger partial charge in [-0.25, -0.2) is 13.6 Å². The third-order valence-corrected chi connectivity index (χ3v) is 4.97. The summed E-state index contributed by atoms with van der Waals surface area (Å²) >= 11 is 0. The summed E-state index contributed by atoms with van der Waals surface area (Å²) in [6.07, 6.45) is 5.80. The Bertz CT molecular complexity index is 761. The second-order valence-corrected chi connectivity index (χ2v) is 6.57. The van der Waals surface area contributed by atoms with Gasteiger partial charge < -0.3 is 9.67 Å². The summed E-state index contributed by atoms with van der Waals surface area (Å²) in [7, 11) is 0. The second-order valence-electron chi connectivity index (χ2n) is 6.57. The summed E-state index contributed by atoms with van der Waals surface area (Å²) in [4.78, 5) is 11.5. The summed E-state index contributed by atoms with van der Waals surface area (Å²) in [6.45, 7) is 2.42. The molecule has 0 aliphatic heterocycles. The minimum atomic E-state index is -1.03. The zero-order chi connectivity index (χ0) is 17.3. The Morgan fingerprint density at radius 1 is 1.21 bits per heavy atom. The van der Waals surface area contributed by atoms with Crippen molar-refractivity contribution in [3.8, 4) is 11.3 Å². The molecule has 1 aromatic heterocycles. The third kappa shape index (κ3) is 3.21. The van der Waals surface area contributed by atoms with Gasteiger partial charge in [-0.15, -0.1) is 0 Å². The van der Waals surface area contributed by atoms with E-state index in [9.17, 15) is 18.7 Å². The van der Waals surface area contributed by atoms with Gasteiger partial charge in [0.05, 0.1) is 11.3 Å². The van der Waals surface area contributed by atoms with Crippen molar-refractivity contribution in [3.63, 3.8) is 0 Å². The molecule has 3 rings (SSSR count). The topological polar surface area (TPSA) is 42.2 Å². The molecule has 2 aromatic rings. The van der Waals surface area contributed by atoms with Crippen LogP contribution in [0.3, 0.4) is 0 Å². The lowest BCUT2D eigenvalue weighted by Crippen LogP contribution is -2.16. The predicted molar refractivity (Wildman–Crippen MR) is 88.1 cm³/mol. The average Bonchev–Trinajstić information content (AvgIpc) is 2.86. The van der Waals surface area contributed by atoms with Crippen LogP contribution in [0.25, 0.3) is 11.3 Å². The van der Waals surface area contributed by atoms with Crippen molar-refractivity contribution in [1.82, 2.24) is 4.57 Å². The smallest absolute Gasteiger partial charge is 0.337 e. The first-order valence-corrected chi connectivity index (χ1v) is 8.36. The average molecular weight is 333 g/mol. The maximum absolute atomic E-state index is 14.2. The molecule has 0 saturated heterocycles. The zero-order valence-electron chi connectivity index (χ0n) is 13.7. The number of carboxylic acids is 1. The number of carbonyl (C=O) groups is 1. The van der Waals surface area contributed by atoms with Crippen LogP contribution in [-0.2, 0) is 6.54 Å². The van der Waals surface area contributed by atoms with E-state index in [1.54, 1.807) is 6.92 Å². The monoisotopic (exact) mass is 333 g/mol. The molecule has 0 spiro atoms. The van der Waals surface area contributed by atoms with E-state index in [4.69, 9.17) is 0 Å². The summed E-state index contributed by atoms with van der Waals surface area (Å²) in [5.41, 5.74) is 1.53. The van der Waals surface area contributed by atoms with Crippen LogP contribution in [0.2, 0.25) is 0 Å². The molecular formula is C19H21F2NO2. The van der Waals surface area contributed by atoms with Gasteiger partial charge in [-0.3, -0.25) is 0 Å². The fourth-order valence-corrected chi connectivity index (χ4v) is 3.65. The van der Waals surface area contributed by atoms with Crippen LogP contribution in [0, 0.1) is 24.5 Å². The largest absolute Gasteiger partial charge is 0.478 e. The van der Waals surface area contributed by atoms with Crippen LogP contribution in [0.15, 0.2) is 24.3 Å². The van der Waals surface area contributed by atoms with Gasteiger partial charge in [0.1, 0.15) is 11.6 Å². The van der Waals surface area contributed by atoms with Crippen molar-refractivity contribution in [2.45, 2.75) is 45.6 Å². The van der Waals surface area contributed by atoms with Crippen molar-refractivity contribution in [2.24, 2.45) is 5.92 Å². The minimum Gasteiger partial charge on any atom is -0.478 e. The molecule has 0 bridgehead atoms. The molecule has 1 N–H and O–H groups in total. The molecule has 0 unspecified atom stereocenters. The van der Waals surface area contributed by atoms with Gasteiger partial charge in [0.25, 0.3) is 0 Å². The van der Waals surface area contributed by atoms with Gasteiger partial charge in [0, 0.05) is 23.9 Å². The molecule has 5 heteroatoms. The second kappa shape index (κ2) is 6.75. The van der Waals surface area contributed by atoms with Crippen molar-refractivity contribution in [2.75, 3.05) is 0 Å². The summed E-state index contributed by atoms with van der Waals surface area (Å²) in [6, 6.07) is 4.91. The Morgan fingerprint density at radius 3 is 2.54 bits per heavy atom. The van der Waals surface area contributed by atoms with E-state index in [2.05, 4.69) is 0 Å². The first-order valence-electron chi connectivity index (χ1n) is 8.36. The molecule has 0 radical (unpaired) electrons. The molecule has 128 valence electrons. The molecule has 1 saturated carbocycles. The Labute approximate surface area is 139 Å². The highest BCUT2D eigenvalue weighted by Crippen LogP contribution is 2.32. The number of nitrogens with zero attached hydrogens (tertiary/aromatic N) is 1. The van der Waals surface area contributed by atoms with Crippen molar-refractivity contribution < 1.29 is 18.7 Å². The number of aromatic nitrogens is 1. The fraction of sp³-hybridized carbons (Fsp3) is 0.421. The van der Waals surface area contributed by atoms with Crippen LogP contribution in [0.1, 0.15) is 48.2 Å². The van der Waals surface area contributed by atoms with Gasteiger partial charge in [-0.05, 0) is 43.9 Å². The lowest BCUT2D eigenvalue weighted by atomic mass is 9.89. The van der Waals surface area contributed by atoms with Gasteiger partial charge >= 0.3 is 5.97 Å². The van der Waals surface area contributed by atoms with E-state index in [1.807, 2.05) is 4.57 Å². The number of benzene rings is 1. The minimum absolute atomic E-state index is 0.171. The van der Waals surface area contributed by atoms with E-state index in [1.165, 1.54) is 37.5 Å². The van der Waals surface area contributed by atoms with Crippen LogP contribution in [0.4, 0.5) is 8.78 Å². The molecule has 1 heterocycles. The van der Waals surface area contributed by atoms with Crippen molar-refractivity contribution in [3.05, 3.63) is 47.2 Å². The number of aromatic carboxylic acids is 1. The number of carboxylic acid groups (broad SMARTS) is 1. The van der Waals surface area contributed by atoms with Crippen LogP contribution in [0.5, 0.6) is 0 Å². The predicted octanol–water partition coefficient (Wildman–Crippen LogP) is 5.02. The summed E-state index contributed by atoms with van der Waals surface area (Å²) in [5, 5.41) is 9.40. The molecule has 0 atom stereocenters. The lowest BCUT2D eigenvalue weighted by molar-refractivity contribution is 0.0696. The highest BCUT2D eigenvalue weighted by Gasteiger charge is 2.23. The van der Waals surface area contributed by atoms with Gasteiger partial charge in [0.15, 0.2) is 0 Å². The van der Waals surface area contributed by atoms with E-state index in [-0.39, 0.29) is 11.1 Å². The van der Waals surface area contributed by atoms with E-state index in [0.717, 1.165) is 18.9 Å². The normalized spacial score (nSPS) is 15.6. The molecule has 1 aliphatic rings. The number of rotatable bonds is 4. The van der Waals surface area contributed by atoms with E-state index < -0.39 is 17.6 Å².